The molecule has 0 aromatic rings. The second-order valence-electron chi connectivity index (χ2n) is 1.85. The number of nitrogens with zero attached hydrogens (tertiary/aromatic N) is 1. The molecule has 8 nitrogen and oxygen atoms in total. The minimum absolute atomic E-state index is 0.384. The average Bonchev–Trinajstić information content (AvgIpc) is 2.10. The first-order chi connectivity index (χ1) is 6.56. The maximum atomic E-state index is 10.6. The molecule has 0 bridgehead atoms. The number of hydrogen-bond donors (Lipinski definition) is 1. The van der Waals surface area contributed by atoms with E-state index in [9.17, 15) is 18.4 Å². The van der Waals surface area contributed by atoms with Gasteiger partial charge in [0.25, 0.3) is 0 Å². The molecule has 14 heavy (non-hydrogen) atoms. The van der Waals surface area contributed by atoms with Gasteiger partial charge in [-0.05, 0) is 0 Å². The fourth-order valence-electron chi connectivity index (χ4n) is 0.452. The van der Waals surface area contributed by atoms with Gasteiger partial charge in [0.05, 0.1) is 12.8 Å². The third-order valence-electron chi connectivity index (χ3n) is 0.905. The summed E-state index contributed by atoms with van der Waals surface area (Å²) in [5, 5.41) is 7.90. The zero-order valence-corrected chi connectivity index (χ0v) is 7.54. The van der Waals surface area contributed by atoms with Crippen LogP contribution in [0.25, 0.3) is 0 Å². The van der Waals surface area contributed by atoms with Crippen molar-refractivity contribution in [3.63, 3.8) is 0 Å². The molecular formula is C5H5N2O6S-. The fourth-order valence-corrected chi connectivity index (χ4v) is 0.688. The maximum absolute atomic E-state index is 10.6. The van der Waals surface area contributed by atoms with Crippen LogP contribution in [-0.2, 0) is 30.0 Å². The number of hydroxylamine groups is 1. The molecule has 0 aromatic carbocycles. The van der Waals surface area contributed by atoms with E-state index in [1.807, 2.05) is 0 Å². The summed E-state index contributed by atoms with van der Waals surface area (Å²) in [6.45, 7) is 0. The molecular weight excluding hydrogens is 216 g/mol. The summed E-state index contributed by atoms with van der Waals surface area (Å²) in [6.07, 6.45) is 0.482. The fraction of sp³-hybridized carbons (Fsp3) is 0.400. The molecule has 0 spiro atoms. The number of nitrogens with one attached hydrogen (secondary N) is 1. The second-order valence-corrected chi connectivity index (χ2v) is 2.42. The highest BCUT2D eigenvalue weighted by atomic mass is 32.2. The van der Waals surface area contributed by atoms with Gasteiger partial charge in [0, 0.05) is 0 Å². The Hall–Kier alpha value is -1.66. The van der Waals surface area contributed by atoms with Gasteiger partial charge >= 0.3 is 11.9 Å². The number of hydrogen-bond acceptors (Lipinski definition) is 8. The third kappa shape index (κ3) is 7.01. The quantitative estimate of drug-likeness (QED) is 0.260. The lowest BCUT2D eigenvalue weighted by atomic mass is 10.3. The van der Waals surface area contributed by atoms with E-state index >= 15 is 0 Å². The van der Waals surface area contributed by atoms with Gasteiger partial charge in [-0.15, -0.1) is 0 Å². The lowest BCUT2D eigenvalue weighted by Crippen LogP contribution is -2.16. The number of nitriles is 1. The van der Waals surface area contributed by atoms with E-state index in [1.54, 1.807) is 5.48 Å². The van der Waals surface area contributed by atoms with Crippen molar-refractivity contribution in [3.8, 4) is 6.19 Å². The molecule has 1 atom stereocenters. The normalized spacial score (nSPS) is 10.9. The number of carbonyl (C=O) groups excluding carboxylic acids is 2. The molecule has 0 saturated carbocycles. The monoisotopic (exact) mass is 221 g/mol. The van der Waals surface area contributed by atoms with E-state index in [0.717, 1.165) is 0 Å². The Labute approximate surface area is 81.2 Å². The molecule has 78 valence electrons. The Kier molecular flexibility index (Phi) is 6.01. The van der Waals surface area contributed by atoms with E-state index in [1.165, 1.54) is 6.19 Å². The molecule has 0 saturated heterocycles. The molecule has 0 aliphatic heterocycles. The van der Waals surface area contributed by atoms with Crippen molar-refractivity contribution < 1.29 is 27.4 Å². The first-order valence-corrected chi connectivity index (χ1v) is 4.20. The minimum atomic E-state index is -2.94. The summed E-state index contributed by atoms with van der Waals surface area (Å²) >= 11 is -2.94. The lowest BCUT2D eigenvalue weighted by Gasteiger charge is -2.04. The molecule has 0 radical (unpaired) electrons. The predicted molar refractivity (Wildman–Crippen MR) is 39.1 cm³/mol. The molecule has 0 fully saturated rings. The van der Waals surface area contributed by atoms with E-state index in [4.69, 9.17) is 5.26 Å². The van der Waals surface area contributed by atoms with Gasteiger partial charge in [0.15, 0.2) is 0 Å². The van der Waals surface area contributed by atoms with Crippen LogP contribution >= 0.6 is 0 Å². The van der Waals surface area contributed by atoms with Gasteiger partial charge in [-0.1, -0.05) is 0 Å². The van der Waals surface area contributed by atoms with Crippen LogP contribution in [-0.4, -0.2) is 20.7 Å². The molecule has 1 unspecified atom stereocenters. The van der Waals surface area contributed by atoms with Crippen LogP contribution in [0.5, 0.6) is 0 Å². The first-order valence-electron chi connectivity index (χ1n) is 3.20. The zero-order valence-electron chi connectivity index (χ0n) is 6.72. The molecule has 0 amide bonds. The number of carbonyl (C=O) groups is 2. The van der Waals surface area contributed by atoms with Crippen molar-refractivity contribution in [1.29, 1.82) is 5.26 Å². The molecule has 0 aliphatic rings. The van der Waals surface area contributed by atoms with Crippen molar-refractivity contribution in [2.24, 2.45) is 0 Å². The molecule has 9 heteroatoms. The molecule has 0 rings (SSSR count). The molecule has 0 aromatic heterocycles. The van der Waals surface area contributed by atoms with Crippen LogP contribution < -0.4 is 5.48 Å². The summed E-state index contributed by atoms with van der Waals surface area (Å²) in [6, 6.07) is 0. The van der Waals surface area contributed by atoms with Crippen LogP contribution in [0.3, 0.4) is 0 Å². The van der Waals surface area contributed by atoms with Crippen molar-refractivity contribution >= 4 is 23.3 Å². The van der Waals surface area contributed by atoms with E-state index in [-0.39, 0.29) is 6.42 Å². The third-order valence-corrected chi connectivity index (χ3v) is 1.23. The van der Waals surface area contributed by atoms with Crippen LogP contribution in [0.15, 0.2) is 0 Å². The van der Waals surface area contributed by atoms with Gasteiger partial charge in [-0.2, -0.15) is 10.7 Å². The van der Waals surface area contributed by atoms with Crippen LogP contribution in [0.1, 0.15) is 12.8 Å². The van der Waals surface area contributed by atoms with Crippen LogP contribution in [0, 0.1) is 11.5 Å². The summed E-state index contributed by atoms with van der Waals surface area (Å²) < 4.78 is 23.3. The van der Waals surface area contributed by atoms with E-state index in [2.05, 4.69) is 9.02 Å². The van der Waals surface area contributed by atoms with Gasteiger partial charge in [0.1, 0.15) is 11.4 Å². The Bertz CT molecular complexity index is 284. The summed E-state index contributed by atoms with van der Waals surface area (Å²) in [4.78, 5) is 25.2. The Morgan fingerprint density at radius 3 is 2.50 bits per heavy atom. The van der Waals surface area contributed by atoms with Crippen LogP contribution in [0.4, 0.5) is 0 Å². The summed E-state index contributed by atoms with van der Waals surface area (Å²) in [5.74, 6) is -1.95. The van der Waals surface area contributed by atoms with Crippen molar-refractivity contribution in [1.82, 2.24) is 5.48 Å². The molecule has 0 aliphatic carbocycles. The second kappa shape index (κ2) is 6.81. The smallest absolute Gasteiger partial charge is 0.333 e. The first kappa shape index (κ1) is 12.3. The Balaban J connectivity index is 3.62. The van der Waals surface area contributed by atoms with Gasteiger partial charge in [-0.25, -0.2) is 9.00 Å². The van der Waals surface area contributed by atoms with Gasteiger partial charge in [-0.3, -0.25) is 4.79 Å². The highest BCUT2D eigenvalue weighted by molar-refractivity contribution is 7.74. The standard InChI is InChI=1S/C5H6N2O6S/c6-3-7-12-4(8)1-2-5(9)13-14(10)11/h7H,1-2H2,(H,10,11)/p-1. The number of rotatable bonds is 5. The van der Waals surface area contributed by atoms with Crippen LogP contribution in [0.2, 0.25) is 0 Å². The Morgan fingerprint density at radius 2 is 2.00 bits per heavy atom. The topological polar surface area (TPSA) is 129 Å². The summed E-state index contributed by atoms with van der Waals surface area (Å²) in [7, 11) is 0. The zero-order chi connectivity index (χ0) is 11.0. The van der Waals surface area contributed by atoms with Gasteiger partial charge < -0.3 is 13.6 Å². The molecule has 0 heterocycles. The highest BCUT2D eigenvalue weighted by Crippen LogP contribution is 1.95. The largest absolute Gasteiger partial charge is 0.740 e. The predicted octanol–water partition coefficient (Wildman–Crippen LogP) is -1.37. The SMILES string of the molecule is N#CNOC(=O)CCC(=O)OS(=O)[O-]. The Morgan fingerprint density at radius 1 is 1.43 bits per heavy atom. The van der Waals surface area contributed by atoms with Crippen molar-refractivity contribution in [2.75, 3.05) is 0 Å². The summed E-state index contributed by atoms with van der Waals surface area (Å²) in [5.41, 5.74) is 1.59. The van der Waals surface area contributed by atoms with Gasteiger partial charge in [0.2, 0.25) is 6.19 Å². The van der Waals surface area contributed by atoms with E-state index < -0.39 is 29.7 Å². The average molecular weight is 221 g/mol. The van der Waals surface area contributed by atoms with Crippen molar-refractivity contribution in [2.45, 2.75) is 12.8 Å². The maximum Gasteiger partial charge on any atom is 0.333 e. The van der Waals surface area contributed by atoms with E-state index in [0.29, 0.717) is 0 Å². The lowest BCUT2D eigenvalue weighted by molar-refractivity contribution is -0.150. The minimum Gasteiger partial charge on any atom is -0.740 e. The molecule has 1 N–H and O–H groups in total. The van der Waals surface area contributed by atoms with Crippen molar-refractivity contribution in [3.05, 3.63) is 0 Å². The highest BCUT2D eigenvalue weighted by Gasteiger charge is 2.09.